The van der Waals surface area contributed by atoms with Gasteiger partial charge in [-0.05, 0) is 24.6 Å². The molecule has 0 saturated heterocycles. The fourth-order valence-corrected chi connectivity index (χ4v) is 1.32. The number of aliphatic hydroxyl groups is 1. The molecule has 0 aliphatic carbocycles. The van der Waals surface area contributed by atoms with Crippen LogP contribution >= 0.6 is 0 Å². The molecule has 1 atom stereocenters. The maximum Gasteiger partial charge on any atom is 0.261 e. The van der Waals surface area contributed by atoms with Crippen molar-refractivity contribution >= 4 is 5.91 Å². The molecule has 0 radical (unpaired) electrons. The lowest BCUT2D eigenvalue weighted by Gasteiger charge is -2.14. The Bertz CT molecular complexity index is 468. The summed E-state index contributed by atoms with van der Waals surface area (Å²) < 4.78 is 18.4. The second-order valence-corrected chi connectivity index (χ2v) is 3.64. The number of amides is 1. The third-order valence-corrected chi connectivity index (χ3v) is 2.16. The number of carbonyl (C=O) groups is 1. The molecule has 0 aliphatic rings. The lowest BCUT2D eigenvalue weighted by atomic mass is 10.2. The number of ether oxygens (including phenoxy) is 1. The van der Waals surface area contributed by atoms with Crippen molar-refractivity contribution in [1.82, 2.24) is 5.32 Å². The number of rotatable bonds is 5. The van der Waals surface area contributed by atoms with Crippen molar-refractivity contribution in [3.8, 4) is 18.1 Å². The zero-order valence-corrected chi connectivity index (χ0v) is 9.94. The first-order valence-corrected chi connectivity index (χ1v) is 5.35. The Hall–Kier alpha value is -2.06. The predicted molar refractivity (Wildman–Crippen MR) is 64.3 cm³/mol. The van der Waals surface area contributed by atoms with Crippen LogP contribution in [0.2, 0.25) is 0 Å². The molecule has 0 saturated carbocycles. The number of aliphatic hydroxyl groups excluding tert-OH is 1. The van der Waals surface area contributed by atoms with Crippen molar-refractivity contribution in [2.75, 3.05) is 6.54 Å². The topological polar surface area (TPSA) is 58.6 Å². The molecule has 4 nitrogen and oxygen atoms in total. The Balaban J connectivity index is 2.69. The monoisotopic (exact) mass is 251 g/mol. The number of hydrogen-bond donors (Lipinski definition) is 2. The van der Waals surface area contributed by atoms with E-state index in [4.69, 9.17) is 16.3 Å². The minimum absolute atomic E-state index is 0.109. The van der Waals surface area contributed by atoms with Crippen molar-refractivity contribution < 1.29 is 19.0 Å². The van der Waals surface area contributed by atoms with Crippen LogP contribution in [0.3, 0.4) is 0 Å². The molecular weight excluding hydrogens is 237 g/mol. The zero-order chi connectivity index (χ0) is 13.5. The smallest absolute Gasteiger partial charge is 0.261 e. The van der Waals surface area contributed by atoms with Crippen LogP contribution < -0.4 is 10.1 Å². The lowest BCUT2D eigenvalue weighted by Crippen LogP contribution is -2.36. The highest BCUT2D eigenvalue weighted by atomic mass is 19.1. The molecule has 0 aromatic heterocycles. The fourth-order valence-electron chi connectivity index (χ4n) is 1.32. The molecule has 0 spiro atoms. The summed E-state index contributed by atoms with van der Waals surface area (Å²) in [5, 5.41) is 11.4. The minimum Gasteiger partial charge on any atom is -0.481 e. The van der Waals surface area contributed by atoms with Crippen LogP contribution in [-0.4, -0.2) is 23.7 Å². The van der Waals surface area contributed by atoms with Gasteiger partial charge in [-0.25, -0.2) is 4.39 Å². The van der Waals surface area contributed by atoms with Gasteiger partial charge >= 0.3 is 0 Å². The van der Waals surface area contributed by atoms with Crippen LogP contribution in [0.15, 0.2) is 18.2 Å². The van der Waals surface area contributed by atoms with Gasteiger partial charge in [0, 0.05) is 6.07 Å². The highest BCUT2D eigenvalue weighted by molar-refractivity contribution is 5.80. The second-order valence-electron chi connectivity index (χ2n) is 3.64. The molecule has 0 fully saturated rings. The van der Waals surface area contributed by atoms with E-state index >= 15 is 0 Å². The van der Waals surface area contributed by atoms with Crippen molar-refractivity contribution in [2.45, 2.75) is 19.6 Å². The number of halogens is 1. The van der Waals surface area contributed by atoms with Crippen LogP contribution in [0, 0.1) is 18.2 Å². The minimum atomic E-state index is -0.799. The largest absolute Gasteiger partial charge is 0.481 e. The molecule has 0 aliphatic heterocycles. The molecule has 18 heavy (non-hydrogen) atoms. The van der Waals surface area contributed by atoms with Crippen molar-refractivity contribution in [3.63, 3.8) is 0 Å². The summed E-state index contributed by atoms with van der Waals surface area (Å²) in [6.45, 7) is 1.33. The Kier molecular flexibility index (Phi) is 5.15. The summed E-state index contributed by atoms with van der Waals surface area (Å²) in [6.07, 6.45) is 4.21. The first kappa shape index (κ1) is 14.0. The molecule has 5 heteroatoms. The summed E-state index contributed by atoms with van der Waals surface area (Å²) in [5.74, 6) is 1.53. The average molecular weight is 251 g/mol. The highest BCUT2D eigenvalue weighted by Crippen LogP contribution is 2.17. The Morgan fingerprint density at radius 1 is 1.61 bits per heavy atom. The zero-order valence-electron chi connectivity index (χ0n) is 9.94. The van der Waals surface area contributed by atoms with Gasteiger partial charge in [-0.2, -0.15) is 0 Å². The molecule has 2 N–H and O–H groups in total. The summed E-state index contributed by atoms with van der Waals surface area (Å²) in [7, 11) is 0. The molecule has 1 aromatic carbocycles. The van der Waals surface area contributed by atoms with E-state index in [1.807, 2.05) is 0 Å². The van der Waals surface area contributed by atoms with Crippen molar-refractivity contribution in [3.05, 3.63) is 29.6 Å². The molecule has 1 unspecified atom stereocenters. The summed E-state index contributed by atoms with van der Waals surface area (Å²) >= 11 is 0. The SMILES string of the molecule is C#CCNC(=O)C(C)Oc1cc(F)cc(CO)c1. The van der Waals surface area contributed by atoms with Gasteiger partial charge in [-0.3, -0.25) is 4.79 Å². The lowest BCUT2D eigenvalue weighted by molar-refractivity contribution is -0.127. The maximum absolute atomic E-state index is 13.2. The molecule has 1 rings (SSSR count). The normalized spacial score (nSPS) is 11.4. The molecular formula is C13H14FNO3. The van der Waals surface area contributed by atoms with Gasteiger partial charge in [0.25, 0.3) is 5.91 Å². The first-order chi connectivity index (χ1) is 8.56. The third kappa shape index (κ3) is 4.07. The van der Waals surface area contributed by atoms with Crippen LogP contribution in [0.5, 0.6) is 5.75 Å². The van der Waals surface area contributed by atoms with Gasteiger partial charge < -0.3 is 15.2 Å². The van der Waals surface area contributed by atoms with E-state index in [2.05, 4.69) is 11.2 Å². The van der Waals surface area contributed by atoms with E-state index < -0.39 is 11.9 Å². The molecule has 0 heterocycles. The average Bonchev–Trinajstić information content (AvgIpc) is 2.34. The molecule has 1 aromatic rings. The van der Waals surface area contributed by atoms with Gasteiger partial charge in [0.2, 0.25) is 0 Å². The van der Waals surface area contributed by atoms with Gasteiger partial charge in [-0.1, -0.05) is 5.92 Å². The standard InChI is InChI=1S/C13H14FNO3/c1-3-4-15-13(17)9(2)18-12-6-10(8-16)5-11(14)7-12/h1,5-7,9,16H,4,8H2,2H3,(H,15,17). The number of nitrogens with one attached hydrogen (secondary N) is 1. The van der Waals surface area contributed by atoms with Crippen molar-refractivity contribution in [2.24, 2.45) is 0 Å². The van der Waals surface area contributed by atoms with E-state index in [1.165, 1.54) is 19.1 Å². The molecule has 0 bridgehead atoms. The van der Waals surface area contributed by atoms with Gasteiger partial charge in [0.15, 0.2) is 6.10 Å². The highest BCUT2D eigenvalue weighted by Gasteiger charge is 2.14. The predicted octanol–water partition coefficient (Wildman–Crippen LogP) is 0.835. The Morgan fingerprint density at radius 2 is 2.33 bits per heavy atom. The third-order valence-electron chi connectivity index (χ3n) is 2.16. The van der Waals surface area contributed by atoms with Gasteiger partial charge in [0.05, 0.1) is 13.2 Å². The van der Waals surface area contributed by atoms with Crippen LogP contribution in [0.25, 0.3) is 0 Å². The van der Waals surface area contributed by atoms with E-state index in [9.17, 15) is 9.18 Å². The number of carbonyl (C=O) groups excluding carboxylic acids is 1. The fraction of sp³-hybridized carbons (Fsp3) is 0.308. The van der Waals surface area contributed by atoms with E-state index in [1.54, 1.807) is 0 Å². The molecule has 1 amide bonds. The van der Waals surface area contributed by atoms with E-state index in [0.717, 1.165) is 6.07 Å². The number of terminal acetylenes is 1. The quantitative estimate of drug-likeness (QED) is 0.762. The Morgan fingerprint density at radius 3 is 2.94 bits per heavy atom. The van der Waals surface area contributed by atoms with Gasteiger partial charge in [0.1, 0.15) is 11.6 Å². The summed E-state index contributed by atoms with van der Waals surface area (Å²) in [4.78, 5) is 11.5. The number of benzene rings is 1. The second kappa shape index (κ2) is 6.62. The van der Waals surface area contributed by atoms with E-state index in [-0.39, 0.29) is 24.8 Å². The van der Waals surface area contributed by atoms with Crippen molar-refractivity contribution in [1.29, 1.82) is 0 Å². The van der Waals surface area contributed by atoms with E-state index in [0.29, 0.717) is 5.56 Å². The van der Waals surface area contributed by atoms with Gasteiger partial charge in [-0.15, -0.1) is 6.42 Å². The summed E-state index contributed by atoms with van der Waals surface area (Å²) in [5.41, 5.74) is 0.376. The van der Waals surface area contributed by atoms with Crippen LogP contribution in [-0.2, 0) is 11.4 Å². The summed E-state index contributed by atoms with van der Waals surface area (Å²) in [6, 6.07) is 3.80. The van der Waals surface area contributed by atoms with Crippen LogP contribution in [0.4, 0.5) is 4.39 Å². The molecule has 96 valence electrons. The first-order valence-electron chi connectivity index (χ1n) is 5.35. The number of hydrogen-bond acceptors (Lipinski definition) is 3. The maximum atomic E-state index is 13.2. The van der Waals surface area contributed by atoms with Crippen LogP contribution in [0.1, 0.15) is 12.5 Å². The Labute approximate surface area is 105 Å².